The molecule has 0 saturated carbocycles. The van der Waals surface area contributed by atoms with E-state index in [2.05, 4.69) is 22.8 Å². The number of fused-ring (bicyclic) bond motifs is 1. The lowest BCUT2D eigenvalue weighted by Gasteiger charge is -2.26. The number of nitrogens with zero attached hydrogens (tertiary/aromatic N) is 3. The van der Waals surface area contributed by atoms with Crippen molar-refractivity contribution in [1.29, 1.82) is 5.26 Å². The van der Waals surface area contributed by atoms with Crippen LogP contribution in [-0.2, 0) is 16.6 Å². The topological polar surface area (TPSA) is 66.1 Å². The molecule has 144 valence electrons. The number of benzene rings is 1. The number of hydrogen-bond acceptors (Lipinski definition) is 4. The molecule has 2 aromatic heterocycles. The Morgan fingerprint density at radius 3 is 2.48 bits per heavy atom. The van der Waals surface area contributed by atoms with Crippen molar-refractivity contribution >= 4 is 39.4 Å². The maximum absolute atomic E-state index is 12.8. The van der Waals surface area contributed by atoms with Crippen molar-refractivity contribution in [2.24, 2.45) is 7.05 Å². The van der Waals surface area contributed by atoms with E-state index in [1.165, 1.54) is 0 Å². The summed E-state index contributed by atoms with van der Waals surface area (Å²) in [6, 6.07) is 16.3. The first-order chi connectivity index (χ1) is 14.0. The number of carbonyl (C=O) groups excluding carboxylic acids is 2. The molecule has 0 atom stereocenters. The van der Waals surface area contributed by atoms with Gasteiger partial charge in [0.05, 0.1) is 10.2 Å². The van der Waals surface area contributed by atoms with Crippen molar-refractivity contribution in [2.75, 3.05) is 6.54 Å². The highest BCUT2D eigenvalue weighted by Crippen LogP contribution is 2.35. The number of imide groups is 1. The Morgan fingerprint density at radius 1 is 1.14 bits per heavy atom. The third-order valence-electron chi connectivity index (χ3n) is 5.25. The lowest BCUT2D eigenvalue weighted by atomic mass is 9.95. The Labute approximate surface area is 172 Å². The predicted molar refractivity (Wildman–Crippen MR) is 115 cm³/mol. The van der Waals surface area contributed by atoms with E-state index < -0.39 is 5.91 Å². The second-order valence-corrected chi connectivity index (χ2v) is 7.99. The summed E-state index contributed by atoms with van der Waals surface area (Å²) < 4.78 is 3.25. The van der Waals surface area contributed by atoms with Gasteiger partial charge in [0.2, 0.25) is 0 Å². The average Bonchev–Trinajstić information content (AvgIpc) is 3.25. The normalized spacial score (nSPS) is 16.2. The fraction of sp³-hybridized carbons (Fsp3) is 0.174. The summed E-state index contributed by atoms with van der Waals surface area (Å²) in [7, 11) is 2.02. The number of carbonyl (C=O) groups is 2. The van der Waals surface area contributed by atoms with Crippen LogP contribution in [0, 0.1) is 11.3 Å². The van der Waals surface area contributed by atoms with Gasteiger partial charge in [-0.05, 0) is 43.2 Å². The van der Waals surface area contributed by atoms with Crippen molar-refractivity contribution in [3.8, 4) is 17.3 Å². The van der Waals surface area contributed by atoms with Crippen LogP contribution in [0.1, 0.15) is 18.7 Å². The number of nitriles is 1. The second kappa shape index (κ2) is 7.19. The molecule has 5 nitrogen and oxygen atoms in total. The third-order valence-corrected chi connectivity index (χ3v) is 6.27. The van der Waals surface area contributed by atoms with Gasteiger partial charge in [-0.3, -0.25) is 14.5 Å². The molecule has 0 unspecified atom stereocenters. The molecule has 4 rings (SSSR count). The molecule has 0 N–H and O–H groups in total. The number of thiophene rings is 1. The Hall–Kier alpha value is -3.43. The first-order valence-corrected chi connectivity index (χ1v) is 10.1. The van der Waals surface area contributed by atoms with E-state index in [-0.39, 0.29) is 18.0 Å². The molecule has 1 aliphatic heterocycles. The van der Waals surface area contributed by atoms with Gasteiger partial charge in [0.1, 0.15) is 11.6 Å². The Bertz CT molecular complexity index is 1250. The molecule has 2 amide bonds. The monoisotopic (exact) mass is 401 g/mol. The third kappa shape index (κ3) is 3.00. The van der Waals surface area contributed by atoms with E-state index in [0.29, 0.717) is 11.1 Å². The van der Waals surface area contributed by atoms with Gasteiger partial charge in [-0.25, -0.2) is 0 Å². The maximum atomic E-state index is 12.8. The lowest BCUT2D eigenvalue weighted by molar-refractivity contribution is -0.140. The zero-order valence-electron chi connectivity index (χ0n) is 16.4. The molecule has 1 aliphatic rings. The molecule has 6 heteroatoms. The van der Waals surface area contributed by atoms with Crippen LogP contribution in [0.3, 0.4) is 0 Å². The van der Waals surface area contributed by atoms with Crippen LogP contribution < -0.4 is 0 Å². The molecule has 0 radical (unpaired) electrons. The second-order valence-electron chi connectivity index (χ2n) is 6.88. The van der Waals surface area contributed by atoms with Crippen LogP contribution in [0.5, 0.6) is 0 Å². The van der Waals surface area contributed by atoms with Gasteiger partial charge in [0.15, 0.2) is 0 Å². The molecule has 0 aliphatic carbocycles. The van der Waals surface area contributed by atoms with E-state index in [0.717, 1.165) is 31.3 Å². The lowest BCUT2D eigenvalue weighted by Crippen LogP contribution is -2.42. The molecule has 0 spiro atoms. The minimum atomic E-state index is -0.515. The number of hydrogen-bond donors (Lipinski definition) is 0. The van der Waals surface area contributed by atoms with Crippen molar-refractivity contribution in [3.63, 3.8) is 0 Å². The Balaban J connectivity index is 1.80. The first kappa shape index (κ1) is 18.9. The zero-order chi connectivity index (χ0) is 20.7. The predicted octanol–water partition coefficient (Wildman–Crippen LogP) is 4.52. The van der Waals surface area contributed by atoms with Crippen LogP contribution in [0.15, 0.2) is 59.2 Å². The summed E-state index contributed by atoms with van der Waals surface area (Å²) in [4.78, 5) is 27.2. The highest BCUT2D eigenvalue weighted by Gasteiger charge is 2.34. The number of likely N-dealkylation sites (N-methyl/N-ethyl adjacent to an activating group) is 1. The fourth-order valence-corrected chi connectivity index (χ4v) is 4.72. The van der Waals surface area contributed by atoms with Gasteiger partial charge in [0.25, 0.3) is 11.8 Å². The SMILES string of the molecule is CCN1C(=O)C(C#N)=C(C)/C(=C/c2cc3c(cc(-c4ccccc4)n3C)s2)C1=O. The Morgan fingerprint density at radius 2 is 1.86 bits per heavy atom. The molecule has 0 saturated heterocycles. The van der Waals surface area contributed by atoms with Crippen molar-refractivity contribution < 1.29 is 9.59 Å². The van der Waals surface area contributed by atoms with Gasteiger partial charge < -0.3 is 4.57 Å². The summed E-state index contributed by atoms with van der Waals surface area (Å²) in [5.74, 6) is -0.866. The van der Waals surface area contributed by atoms with Gasteiger partial charge >= 0.3 is 0 Å². The van der Waals surface area contributed by atoms with Gasteiger partial charge in [0, 0.05) is 29.7 Å². The van der Waals surface area contributed by atoms with Crippen LogP contribution >= 0.6 is 11.3 Å². The van der Waals surface area contributed by atoms with E-state index in [4.69, 9.17) is 0 Å². The first-order valence-electron chi connectivity index (χ1n) is 9.30. The van der Waals surface area contributed by atoms with E-state index in [9.17, 15) is 14.9 Å². The van der Waals surface area contributed by atoms with Crippen molar-refractivity contribution in [3.05, 3.63) is 64.1 Å². The molecule has 1 aromatic carbocycles. The molecular formula is C23H19N3O2S. The molecule has 0 bridgehead atoms. The number of aryl methyl sites for hydroxylation is 1. The largest absolute Gasteiger partial charge is 0.343 e. The van der Waals surface area contributed by atoms with Crippen LogP contribution in [0.4, 0.5) is 0 Å². The summed E-state index contributed by atoms with van der Waals surface area (Å²) in [5, 5.41) is 9.38. The summed E-state index contributed by atoms with van der Waals surface area (Å²) in [6.45, 7) is 3.63. The summed E-state index contributed by atoms with van der Waals surface area (Å²) >= 11 is 1.58. The fourth-order valence-electron chi connectivity index (χ4n) is 3.65. The van der Waals surface area contributed by atoms with Crippen LogP contribution in [-0.4, -0.2) is 27.8 Å². The van der Waals surface area contributed by atoms with E-state index in [1.807, 2.05) is 37.4 Å². The number of aromatic nitrogens is 1. The summed E-state index contributed by atoms with van der Waals surface area (Å²) in [6.07, 6.45) is 1.79. The van der Waals surface area contributed by atoms with Crippen LogP contribution in [0.25, 0.3) is 27.6 Å². The molecule has 0 fully saturated rings. The van der Waals surface area contributed by atoms with E-state index >= 15 is 0 Å². The van der Waals surface area contributed by atoms with Crippen LogP contribution in [0.2, 0.25) is 0 Å². The average molecular weight is 401 g/mol. The molecular weight excluding hydrogens is 382 g/mol. The zero-order valence-corrected chi connectivity index (χ0v) is 17.2. The minimum absolute atomic E-state index is 0.0326. The quantitative estimate of drug-likeness (QED) is 0.479. The molecule has 3 heterocycles. The van der Waals surface area contributed by atoms with Gasteiger partial charge in [-0.2, -0.15) is 5.26 Å². The maximum Gasteiger partial charge on any atom is 0.271 e. The highest BCUT2D eigenvalue weighted by atomic mass is 32.1. The summed E-state index contributed by atoms with van der Waals surface area (Å²) in [5.41, 5.74) is 4.23. The minimum Gasteiger partial charge on any atom is -0.343 e. The van der Waals surface area contributed by atoms with Gasteiger partial charge in [-0.15, -0.1) is 11.3 Å². The molecule has 3 aromatic rings. The van der Waals surface area contributed by atoms with Crippen molar-refractivity contribution in [1.82, 2.24) is 9.47 Å². The highest BCUT2D eigenvalue weighted by molar-refractivity contribution is 7.19. The standard InChI is InChI=1S/C23H19N3O2S/c1-4-26-22(27)17(14(2)18(13-24)23(26)28)10-16-11-20-21(29-16)12-19(25(20)3)15-8-6-5-7-9-15/h5-12H,4H2,1-3H3/b17-10-. The number of rotatable bonds is 3. The van der Waals surface area contributed by atoms with Gasteiger partial charge in [-0.1, -0.05) is 30.3 Å². The van der Waals surface area contributed by atoms with Crippen molar-refractivity contribution in [2.45, 2.75) is 13.8 Å². The Kier molecular flexibility index (Phi) is 4.69. The van der Waals surface area contributed by atoms with E-state index in [1.54, 1.807) is 31.3 Å². The number of amides is 2. The molecule has 29 heavy (non-hydrogen) atoms. The smallest absolute Gasteiger partial charge is 0.271 e.